The first-order chi connectivity index (χ1) is 8.68. The van der Waals surface area contributed by atoms with Gasteiger partial charge in [-0.05, 0) is 32.4 Å². The number of nitrogens with zero attached hydrogens (tertiary/aromatic N) is 3. The first-order valence-corrected chi connectivity index (χ1v) is 6.22. The van der Waals surface area contributed by atoms with E-state index in [0.717, 1.165) is 32.4 Å². The molecule has 0 bridgehead atoms. The highest BCUT2D eigenvalue weighted by molar-refractivity contribution is 5.46. The maximum Gasteiger partial charge on any atom is 0.274 e. The Hall–Kier alpha value is -1.69. The minimum atomic E-state index is -0.381. The molecule has 1 N–H and O–H groups in total. The predicted octanol–water partition coefficient (Wildman–Crippen LogP) is 1.57. The fraction of sp³-hybridized carbons (Fsp3) is 0.583. The zero-order valence-corrected chi connectivity index (χ0v) is 10.5. The molecule has 1 aliphatic rings. The van der Waals surface area contributed by atoms with Gasteiger partial charge in [0.2, 0.25) is 0 Å². The number of pyridine rings is 1. The van der Waals surface area contributed by atoms with Gasteiger partial charge in [-0.3, -0.25) is 10.1 Å². The Labute approximate surface area is 106 Å². The Balaban J connectivity index is 2.13. The molecule has 1 fully saturated rings. The summed E-state index contributed by atoms with van der Waals surface area (Å²) >= 11 is 0. The van der Waals surface area contributed by atoms with Crippen molar-refractivity contribution in [3.05, 3.63) is 28.4 Å². The lowest BCUT2D eigenvalue weighted by Crippen LogP contribution is -2.33. The van der Waals surface area contributed by atoms with E-state index in [-0.39, 0.29) is 10.6 Å². The SMILES string of the molecule is CN(c1cc([N+](=O)[O-])ccn1)C1CCCNCC1. The van der Waals surface area contributed by atoms with E-state index in [1.807, 2.05) is 7.05 Å². The predicted molar refractivity (Wildman–Crippen MR) is 69.8 cm³/mol. The van der Waals surface area contributed by atoms with Crippen molar-refractivity contribution in [1.29, 1.82) is 0 Å². The van der Waals surface area contributed by atoms with Crippen molar-refractivity contribution in [1.82, 2.24) is 10.3 Å². The van der Waals surface area contributed by atoms with Gasteiger partial charge in [0.15, 0.2) is 0 Å². The van der Waals surface area contributed by atoms with Crippen LogP contribution in [0.2, 0.25) is 0 Å². The number of anilines is 1. The highest BCUT2D eigenvalue weighted by Crippen LogP contribution is 2.22. The summed E-state index contributed by atoms with van der Waals surface area (Å²) in [5.41, 5.74) is 0.0959. The van der Waals surface area contributed by atoms with Crippen LogP contribution in [-0.4, -0.2) is 36.1 Å². The van der Waals surface area contributed by atoms with Gasteiger partial charge in [0.25, 0.3) is 5.69 Å². The molecular weight excluding hydrogens is 232 g/mol. The number of nitrogens with one attached hydrogen (secondary N) is 1. The molecule has 1 aromatic rings. The van der Waals surface area contributed by atoms with Crippen molar-refractivity contribution in [2.24, 2.45) is 0 Å². The smallest absolute Gasteiger partial charge is 0.274 e. The van der Waals surface area contributed by atoms with Crippen LogP contribution in [0.1, 0.15) is 19.3 Å². The van der Waals surface area contributed by atoms with E-state index in [0.29, 0.717) is 11.9 Å². The molecule has 1 atom stereocenters. The molecule has 1 unspecified atom stereocenters. The minimum absolute atomic E-state index is 0.0959. The highest BCUT2D eigenvalue weighted by Gasteiger charge is 2.19. The molecule has 2 rings (SSSR count). The molecule has 1 aliphatic heterocycles. The van der Waals surface area contributed by atoms with Crippen molar-refractivity contribution >= 4 is 11.5 Å². The fourth-order valence-corrected chi connectivity index (χ4v) is 2.29. The van der Waals surface area contributed by atoms with Crippen molar-refractivity contribution in [3.8, 4) is 0 Å². The standard InChI is InChI=1S/C12H18N4O2/c1-15(10-3-2-6-13-7-4-10)12-9-11(16(17)18)5-8-14-12/h5,8-10,13H,2-4,6-7H2,1H3. The number of nitro groups is 1. The second-order valence-corrected chi connectivity index (χ2v) is 4.57. The molecule has 0 radical (unpaired) electrons. The Morgan fingerprint density at radius 2 is 2.33 bits per heavy atom. The van der Waals surface area contributed by atoms with Gasteiger partial charge in [0, 0.05) is 25.4 Å². The van der Waals surface area contributed by atoms with Gasteiger partial charge in [-0.2, -0.15) is 0 Å². The largest absolute Gasteiger partial charge is 0.356 e. The van der Waals surface area contributed by atoms with Gasteiger partial charge in [0.05, 0.1) is 11.0 Å². The molecule has 0 spiro atoms. The summed E-state index contributed by atoms with van der Waals surface area (Å²) in [6.45, 7) is 2.04. The number of hydrogen-bond acceptors (Lipinski definition) is 5. The second-order valence-electron chi connectivity index (χ2n) is 4.57. The number of aromatic nitrogens is 1. The maximum absolute atomic E-state index is 10.8. The number of rotatable bonds is 3. The monoisotopic (exact) mass is 250 g/mol. The molecule has 18 heavy (non-hydrogen) atoms. The summed E-state index contributed by atoms with van der Waals surface area (Å²) in [6, 6.07) is 3.36. The summed E-state index contributed by atoms with van der Waals surface area (Å²) in [4.78, 5) is 16.7. The second kappa shape index (κ2) is 5.77. The zero-order chi connectivity index (χ0) is 13.0. The van der Waals surface area contributed by atoms with Gasteiger partial charge < -0.3 is 10.2 Å². The average Bonchev–Trinajstić information content (AvgIpc) is 2.67. The van der Waals surface area contributed by atoms with E-state index in [2.05, 4.69) is 15.2 Å². The van der Waals surface area contributed by atoms with Gasteiger partial charge >= 0.3 is 0 Å². The van der Waals surface area contributed by atoms with Gasteiger partial charge in [-0.25, -0.2) is 4.98 Å². The Morgan fingerprint density at radius 3 is 3.11 bits per heavy atom. The van der Waals surface area contributed by atoms with Crippen molar-refractivity contribution in [2.45, 2.75) is 25.3 Å². The molecule has 1 saturated heterocycles. The average molecular weight is 250 g/mol. The van der Waals surface area contributed by atoms with Crippen LogP contribution < -0.4 is 10.2 Å². The van der Waals surface area contributed by atoms with E-state index >= 15 is 0 Å². The molecule has 0 aliphatic carbocycles. The lowest BCUT2D eigenvalue weighted by atomic mass is 10.1. The van der Waals surface area contributed by atoms with Gasteiger partial charge in [-0.15, -0.1) is 0 Å². The molecule has 6 heteroatoms. The first-order valence-electron chi connectivity index (χ1n) is 6.22. The van der Waals surface area contributed by atoms with Crippen LogP contribution in [0.5, 0.6) is 0 Å². The summed E-state index contributed by atoms with van der Waals surface area (Å²) in [6.07, 6.45) is 4.76. The fourth-order valence-electron chi connectivity index (χ4n) is 2.29. The molecule has 2 heterocycles. The third-order valence-electron chi connectivity index (χ3n) is 3.39. The lowest BCUT2D eigenvalue weighted by molar-refractivity contribution is -0.384. The normalized spacial score (nSPS) is 20.2. The lowest BCUT2D eigenvalue weighted by Gasteiger charge is -2.27. The zero-order valence-electron chi connectivity index (χ0n) is 10.5. The van der Waals surface area contributed by atoms with Crippen molar-refractivity contribution < 1.29 is 4.92 Å². The Kier molecular flexibility index (Phi) is 4.09. The third-order valence-corrected chi connectivity index (χ3v) is 3.39. The van der Waals surface area contributed by atoms with E-state index < -0.39 is 0 Å². The maximum atomic E-state index is 10.8. The topological polar surface area (TPSA) is 71.3 Å². The first kappa shape index (κ1) is 12.8. The van der Waals surface area contributed by atoms with E-state index in [9.17, 15) is 10.1 Å². The summed E-state index contributed by atoms with van der Waals surface area (Å²) < 4.78 is 0. The van der Waals surface area contributed by atoms with Crippen molar-refractivity contribution in [3.63, 3.8) is 0 Å². The quantitative estimate of drug-likeness (QED) is 0.651. The minimum Gasteiger partial charge on any atom is -0.356 e. The van der Waals surface area contributed by atoms with Crippen LogP contribution >= 0.6 is 0 Å². The van der Waals surface area contributed by atoms with Crippen LogP contribution in [0.3, 0.4) is 0 Å². The molecule has 0 saturated carbocycles. The highest BCUT2D eigenvalue weighted by atomic mass is 16.6. The molecule has 6 nitrogen and oxygen atoms in total. The van der Waals surface area contributed by atoms with Gasteiger partial charge in [-0.1, -0.05) is 0 Å². The Bertz CT molecular complexity index is 416. The van der Waals surface area contributed by atoms with Crippen LogP contribution in [0.25, 0.3) is 0 Å². The molecule has 0 amide bonds. The molecule has 0 aromatic carbocycles. The van der Waals surface area contributed by atoms with Crippen molar-refractivity contribution in [2.75, 3.05) is 25.0 Å². The van der Waals surface area contributed by atoms with E-state index in [1.165, 1.54) is 12.3 Å². The molecule has 1 aromatic heterocycles. The van der Waals surface area contributed by atoms with Gasteiger partial charge in [0.1, 0.15) is 5.82 Å². The van der Waals surface area contributed by atoms with Crippen LogP contribution in [0.15, 0.2) is 18.3 Å². The Morgan fingerprint density at radius 1 is 1.50 bits per heavy atom. The van der Waals surface area contributed by atoms with E-state index in [4.69, 9.17) is 0 Å². The van der Waals surface area contributed by atoms with E-state index in [1.54, 1.807) is 6.07 Å². The summed E-state index contributed by atoms with van der Waals surface area (Å²) in [7, 11) is 1.96. The van der Waals surface area contributed by atoms with Crippen LogP contribution in [0.4, 0.5) is 11.5 Å². The van der Waals surface area contributed by atoms with Crippen LogP contribution in [-0.2, 0) is 0 Å². The summed E-state index contributed by atoms with van der Waals surface area (Å²) in [5, 5.41) is 14.1. The summed E-state index contributed by atoms with van der Waals surface area (Å²) in [5.74, 6) is 0.677. The third kappa shape index (κ3) is 2.95. The molecule has 98 valence electrons. The molecular formula is C12H18N4O2. The van der Waals surface area contributed by atoms with Crippen LogP contribution in [0, 0.1) is 10.1 Å². The number of hydrogen-bond donors (Lipinski definition) is 1.